The SMILES string of the molecule is CCOc1cc(N)cc(C(=O)N(CC)CC(=O)NC)c1. The van der Waals surface area contributed by atoms with E-state index in [-0.39, 0.29) is 18.4 Å². The number of hydrogen-bond acceptors (Lipinski definition) is 4. The maximum Gasteiger partial charge on any atom is 0.254 e. The van der Waals surface area contributed by atoms with Gasteiger partial charge in [-0.15, -0.1) is 0 Å². The van der Waals surface area contributed by atoms with E-state index in [9.17, 15) is 9.59 Å². The normalized spacial score (nSPS) is 9.95. The predicted molar refractivity (Wildman–Crippen MR) is 77.7 cm³/mol. The zero-order valence-electron chi connectivity index (χ0n) is 12.1. The van der Waals surface area contributed by atoms with Crippen LogP contribution < -0.4 is 15.8 Å². The summed E-state index contributed by atoms with van der Waals surface area (Å²) in [7, 11) is 1.54. The van der Waals surface area contributed by atoms with Gasteiger partial charge in [0.1, 0.15) is 5.75 Å². The number of nitrogens with zero attached hydrogens (tertiary/aromatic N) is 1. The fraction of sp³-hybridized carbons (Fsp3) is 0.429. The first-order valence-electron chi connectivity index (χ1n) is 6.55. The average Bonchev–Trinajstić information content (AvgIpc) is 2.43. The van der Waals surface area contributed by atoms with Crippen molar-refractivity contribution in [3.05, 3.63) is 23.8 Å². The summed E-state index contributed by atoms with van der Waals surface area (Å²) >= 11 is 0. The molecule has 0 aliphatic rings. The van der Waals surface area contributed by atoms with E-state index < -0.39 is 0 Å². The number of nitrogens with one attached hydrogen (secondary N) is 1. The number of ether oxygens (including phenoxy) is 1. The first-order valence-corrected chi connectivity index (χ1v) is 6.55. The predicted octanol–water partition coefficient (Wildman–Crippen LogP) is 0.876. The average molecular weight is 279 g/mol. The van der Waals surface area contributed by atoms with Crippen molar-refractivity contribution in [2.75, 3.05) is 32.5 Å². The highest BCUT2D eigenvalue weighted by atomic mass is 16.5. The highest BCUT2D eigenvalue weighted by Crippen LogP contribution is 2.20. The summed E-state index contributed by atoms with van der Waals surface area (Å²) in [6, 6.07) is 4.88. The first kappa shape index (κ1) is 15.8. The van der Waals surface area contributed by atoms with Crippen LogP contribution in [-0.2, 0) is 4.79 Å². The third kappa shape index (κ3) is 4.15. The second-order valence-electron chi connectivity index (χ2n) is 4.22. The van der Waals surface area contributed by atoms with E-state index in [1.165, 1.54) is 11.9 Å². The lowest BCUT2D eigenvalue weighted by atomic mass is 10.1. The largest absolute Gasteiger partial charge is 0.494 e. The van der Waals surface area contributed by atoms with E-state index in [2.05, 4.69) is 5.32 Å². The number of carbonyl (C=O) groups is 2. The van der Waals surface area contributed by atoms with Crippen molar-refractivity contribution in [3.8, 4) is 5.75 Å². The van der Waals surface area contributed by atoms with E-state index in [1.807, 2.05) is 13.8 Å². The van der Waals surface area contributed by atoms with Crippen molar-refractivity contribution in [1.82, 2.24) is 10.2 Å². The maximum atomic E-state index is 12.4. The van der Waals surface area contributed by atoms with Crippen molar-refractivity contribution in [2.45, 2.75) is 13.8 Å². The van der Waals surface area contributed by atoms with E-state index >= 15 is 0 Å². The number of hydrogen-bond donors (Lipinski definition) is 2. The van der Waals surface area contributed by atoms with Crippen LogP contribution in [0.25, 0.3) is 0 Å². The van der Waals surface area contributed by atoms with Gasteiger partial charge in [-0.25, -0.2) is 0 Å². The maximum absolute atomic E-state index is 12.4. The molecule has 0 heterocycles. The van der Waals surface area contributed by atoms with Gasteiger partial charge in [0.2, 0.25) is 5.91 Å². The summed E-state index contributed by atoms with van der Waals surface area (Å²) in [5.41, 5.74) is 6.64. The standard InChI is InChI=1S/C14H21N3O3/c1-4-17(9-13(18)16-3)14(19)10-6-11(15)8-12(7-10)20-5-2/h6-8H,4-5,9,15H2,1-3H3,(H,16,18). The second-order valence-corrected chi connectivity index (χ2v) is 4.22. The number of amides is 2. The highest BCUT2D eigenvalue weighted by molar-refractivity contribution is 5.97. The molecule has 0 radical (unpaired) electrons. The smallest absolute Gasteiger partial charge is 0.254 e. The van der Waals surface area contributed by atoms with E-state index in [1.54, 1.807) is 18.2 Å². The molecule has 0 aliphatic heterocycles. The van der Waals surface area contributed by atoms with Crippen LogP contribution >= 0.6 is 0 Å². The van der Waals surface area contributed by atoms with Crippen molar-refractivity contribution in [1.29, 1.82) is 0 Å². The van der Waals surface area contributed by atoms with Crippen LogP contribution in [0.4, 0.5) is 5.69 Å². The van der Waals surface area contributed by atoms with Crippen LogP contribution in [0, 0.1) is 0 Å². The molecule has 0 saturated carbocycles. The minimum Gasteiger partial charge on any atom is -0.494 e. The molecule has 0 aliphatic carbocycles. The topological polar surface area (TPSA) is 84.7 Å². The Bertz CT molecular complexity index is 489. The Morgan fingerprint density at radius 1 is 1.30 bits per heavy atom. The Kier molecular flexibility index (Phi) is 5.83. The van der Waals surface area contributed by atoms with Gasteiger partial charge >= 0.3 is 0 Å². The second kappa shape index (κ2) is 7.37. The monoisotopic (exact) mass is 279 g/mol. The molecular formula is C14H21N3O3. The number of rotatable bonds is 6. The van der Waals surface area contributed by atoms with E-state index in [4.69, 9.17) is 10.5 Å². The molecule has 1 rings (SSSR count). The Labute approximate surface area is 118 Å². The van der Waals surface area contributed by atoms with Crippen LogP contribution in [-0.4, -0.2) is 43.5 Å². The molecule has 1 aromatic rings. The molecule has 0 atom stereocenters. The Balaban J connectivity index is 2.96. The van der Waals surface area contributed by atoms with Crippen molar-refractivity contribution < 1.29 is 14.3 Å². The third-order valence-corrected chi connectivity index (χ3v) is 2.77. The third-order valence-electron chi connectivity index (χ3n) is 2.77. The molecule has 0 fully saturated rings. The molecule has 0 aromatic heterocycles. The first-order chi connectivity index (χ1) is 9.51. The van der Waals surface area contributed by atoms with Gasteiger partial charge in [-0.05, 0) is 26.0 Å². The summed E-state index contributed by atoms with van der Waals surface area (Å²) in [4.78, 5) is 25.2. The van der Waals surface area contributed by atoms with Gasteiger partial charge in [-0.1, -0.05) is 0 Å². The van der Waals surface area contributed by atoms with Crippen molar-refractivity contribution in [3.63, 3.8) is 0 Å². The fourth-order valence-electron chi connectivity index (χ4n) is 1.76. The lowest BCUT2D eigenvalue weighted by molar-refractivity contribution is -0.121. The van der Waals surface area contributed by atoms with Crippen molar-refractivity contribution in [2.24, 2.45) is 0 Å². The quantitative estimate of drug-likeness (QED) is 0.757. The van der Waals surface area contributed by atoms with Gasteiger partial charge in [0.25, 0.3) is 5.91 Å². The summed E-state index contributed by atoms with van der Waals surface area (Å²) in [5, 5.41) is 2.50. The summed E-state index contributed by atoms with van der Waals surface area (Å²) in [5.74, 6) is 0.0883. The molecule has 0 spiro atoms. The number of likely N-dealkylation sites (N-methyl/N-ethyl adjacent to an activating group) is 2. The molecule has 6 nitrogen and oxygen atoms in total. The van der Waals surface area contributed by atoms with Crippen molar-refractivity contribution >= 4 is 17.5 Å². The molecule has 2 amide bonds. The van der Waals surface area contributed by atoms with Gasteiger partial charge in [0.05, 0.1) is 13.2 Å². The molecule has 110 valence electrons. The molecule has 0 saturated heterocycles. The zero-order chi connectivity index (χ0) is 15.1. The lowest BCUT2D eigenvalue weighted by Crippen LogP contribution is -2.39. The molecule has 6 heteroatoms. The number of carbonyl (C=O) groups excluding carboxylic acids is 2. The minimum atomic E-state index is -0.246. The van der Waals surface area contributed by atoms with Crippen LogP contribution in [0.2, 0.25) is 0 Å². The number of benzene rings is 1. The fourth-order valence-corrected chi connectivity index (χ4v) is 1.76. The Morgan fingerprint density at radius 2 is 2.00 bits per heavy atom. The van der Waals surface area contributed by atoms with Gasteiger partial charge < -0.3 is 20.7 Å². The van der Waals surface area contributed by atoms with E-state index in [0.717, 1.165) is 0 Å². The molecule has 20 heavy (non-hydrogen) atoms. The molecule has 3 N–H and O–H groups in total. The lowest BCUT2D eigenvalue weighted by Gasteiger charge is -2.20. The van der Waals surface area contributed by atoms with Crippen LogP contribution in [0.3, 0.4) is 0 Å². The van der Waals surface area contributed by atoms with Crippen LogP contribution in [0.1, 0.15) is 24.2 Å². The summed E-state index contributed by atoms with van der Waals surface area (Å²) in [6.45, 7) is 4.62. The Morgan fingerprint density at radius 3 is 2.55 bits per heavy atom. The summed E-state index contributed by atoms with van der Waals surface area (Å²) in [6.07, 6.45) is 0. The Hall–Kier alpha value is -2.24. The van der Waals surface area contributed by atoms with Gasteiger partial charge in [0.15, 0.2) is 0 Å². The van der Waals surface area contributed by atoms with Crippen LogP contribution in [0.5, 0.6) is 5.75 Å². The van der Waals surface area contributed by atoms with E-state index in [0.29, 0.717) is 30.2 Å². The number of nitrogen functional groups attached to an aromatic ring is 1. The summed E-state index contributed by atoms with van der Waals surface area (Å²) < 4.78 is 5.36. The van der Waals surface area contributed by atoms with Gasteiger partial charge in [-0.3, -0.25) is 9.59 Å². The zero-order valence-corrected chi connectivity index (χ0v) is 12.1. The number of anilines is 1. The molecular weight excluding hydrogens is 258 g/mol. The highest BCUT2D eigenvalue weighted by Gasteiger charge is 2.18. The number of nitrogens with two attached hydrogens (primary N) is 1. The van der Waals surface area contributed by atoms with Gasteiger partial charge in [0, 0.05) is 30.9 Å². The molecule has 0 bridgehead atoms. The minimum absolute atomic E-state index is 0.0185. The van der Waals surface area contributed by atoms with Crippen LogP contribution in [0.15, 0.2) is 18.2 Å². The molecule has 1 aromatic carbocycles. The molecule has 0 unspecified atom stereocenters. The van der Waals surface area contributed by atoms with Gasteiger partial charge in [-0.2, -0.15) is 0 Å².